The van der Waals surface area contributed by atoms with Gasteiger partial charge >= 0.3 is 5.97 Å². The van der Waals surface area contributed by atoms with E-state index in [1.807, 2.05) is 0 Å². The van der Waals surface area contributed by atoms with Gasteiger partial charge in [0, 0.05) is 11.0 Å². The Hall–Kier alpha value is -1.23. The molecule has 7 nitrogen and oxygen atoms in total. The molecule has 1 aromatic carbocycles. The molecule has 0 saturated carbocycles. The molecule has 1 aromatic rings. The second-order valence-electron chi connectivity index (χ2n) is 4.58. The van der Waals surface area contributed by atoms with Gasteiger partial charge in [0.05, 0.1) is 12.3 Å². The number of benzene rings is 1. The quantitative estimate of drug-likeness (QED) is 0.642. The average Bonchev–Trinajstić information content (AvgIpc) is 2.92. The van der Waals surface area contributed by atoms with Crippen LogP contribution in [0.2, 0.25) is 0 Å². The first kappa shape index (κ1) is 17.1. The van der Waals surface area contributed by atoms with Gasteiger partial charge in [0.25, 0.3) is 10.0 Å². The summed E-state index contributed by atoms with van der Waals surface area (Å²) in [5.74, 6) is -2.28. The van der Waals surface area contributed by atoms with Crippen molar-refractivity contribution in [3.8, 4) is 0 Å². The van der Waals surface area contributed by atoms with Gasteiger partial charge in [-0.15, -0.1) is 0 Å². The number of hydrazine groups is 1. The molecule has 1 saturated heterocycles. The fourth-order valence-electron chi connectivity index (χ4n) is 2.02. The lowest BCUT2D eigenvalue weighted by atomic mass is 10.2. The minimum atomic E-state index is -4.04. The van der Waals surface area contributed by atoms with E-state index in [-0.39, 0.29) is 18.8 Å². The van der Waals surface area contributed by atoms with Crippen LogP contribution in [-0.4, -0.2) is 32.9 Å². The first-order valence-electron chi connectivity index (χ1n) is 6.47. The van der Waals surface area contributed by atoms with E-state index in [1.54, 1.807) is 6.92 Å². The van der Waals surface area contributed by atoms with Crippen molar-refractivity contribution in [2.24, 2.45) is 5.92 Å². The number of esters is 1. The van der Waals surface area contributed by atoms with Crippen LogP contribution >= 0.6 is 15.9 Å². The maximum absolute atomic E-state index is 13.8. The highest BCUT2D eigenvalue weighted by Crippen LogP contribution is 2.23. The van der Waals surface area contributed by atoms with E-state index in [0.717, 1.165) is 6.07 Å². The molecule has 1 heterocycles. The Bertz CT molecular complexity index is 670. The van der Waals surface area contributed by atoms with Crippen molar-refractivity contribution in [3.63, 3.8) is 0 Å². The summed E-state index contributed by atoms with van der Waals surface area (Å²) in [4.78, 5) is 11.8. The zero-order chi connectivity index (χ0) is 16.3. The van der Waals surface area contributed by atoms with Crippen LogP contribution in [0.15, 0.2) is 22.7 Å². The lowest BCUT2D eigenvalue weighted by Gasteiger charge is -2.19. The normalized spacial score (nSPS) is 21.6. The molecule has 3 N–H and O–H groups in total. The third kappa shape index (κ3) is 3.75. The van der Waals surface area contributed by atoms with Crippen molar-refractivity contribution in [1.29, 1.82) is 0 Å². The van der Waals surface area contributed by atoms with E-state index in [2.05, 4.69) is 31.5 Å². The van der Waals surface area contributed by atoms with Crippen LogP contribution in [0, 0.1) is 11.7 Å². The lowest BCUT2D eigenvalue weighted by Crippen LogP contribution is -2.44. The minimum absolute atomic E-state index is 0.104. The van der Waals surface area contributed by atoms with Crippen molar-refractivity contribution in [3.05, 3.63) is 28.5 Å². The third-order valence-electron chi connectivity index (χ3n) is 3.04. The molecule has 0 spiro atoms. The van der Waals surface area contributed by atoms with Crippen LogP contribution < -0.4 is 15.6 Å². The maximum atomic E-state index is 13.8. The molecule has 2 unspecified atom stereocenters. The van der Waals surface area contributed by atoms with Crippen LogP contribution in [0.1, 0.15) is 6.92 Å². The number of halogens is 2. The smallest absolute Gasteiger partial charge is 0.313 e. The third-order valence-corrected chi connectivity index (χ3v) is 5.15. The van der Waals surface area contributed by atoms with Crippen LogP contribution in [0.5, 0.6) is 0 Å². The Morgan fingerprint density at radius 1 is 1.55 bits per heavy atom. The van der Waals surface area contributed by atoms with Crippen molar-refractivity contribution >= 4 is 37.6 Å². The Morgan fingerprint density at radius 3 is 2.91 bits per heavy atom. The molecule has 122 valence electrons. The van der Waals surface area contributed by atoms with Crippen molar-refractivity contribution in [1.82, 2.24) is 10.9 Å². The SMILES string of the molecule is CCOC(=O)C1CNNC1S(=O)(=O)Nc1ccc(Br)cc1F. The standard InChI is InChI=1S/C12H15BrFN3O4S/c1-2-21-12(18)8-6-15-16-11(8)22(19,20)17-10-4-3-7(13)5-9(10)14/h3-5,8,11,15-17H,2,6H2,1H3. The van der Waals surface area contributed by atoms with Crippen molar-refractivity contribution in [2.75, 3.05) is 17.9 Å². The summed E-state index contributed by atoms with van der Waals surface area (Å²) < 4.78 is 46.0. The Balaban J connectivity index is 2.20. The second kappa shape index (κ2) is 6.90. The minimum Gasteiger partial charge on any atom is -0.466 e. The van der Waals surface area contributed by atoms with Crippen LogP contribution in [-0.2, 0) is 19.6 Å². The Morgan fingerprint density at radius 2 is 2.27 bits per heavy atom. The molecule has 1 fully saturated rings. The predicted octanol–water partition coefficient (Wildman–Crippen LogP) is 0.943. The highest BCUT2D eigenvalue weighted by atomic mass is 79.9. The van der Waals surface area contributed by atoms with E-state index < -0.39 is 33.1 Å². The lowest BCUT2D eigenvalue weighted by molar-refractivity contribution is -0.147. The number of sulfonamides is 1. The summed E-state index contributed by atoms with van der Waals surface area (Å²) >= 11 is 3.09. The summed E-state index contributed by atoms with van der Waals surface area (Å²) in [5.41, 5.74) is 4.92. The first-order chi connectivity index (χ1) is 10.3. The molecule has 1 aliphatic heterocycles. The van der Waals surface area contributed by atoms with E-state index in [1.165, 1.54) is 12.1 Å². The molecule has 2 atom stereocenters. The molecule has 10 heteroatoms. The monoisotopic (exact) mass is 395 g/mol. The Kier molecular flexibility index (Phi) is 5.37. The van der Waals surface area contributed by atoms with Gasteiger partial charge < -0.3 is 4.74 Å². The molecule has 22 heavy (non-hydrogen) atoms. The molecule has 2 rings (SSSR count). The van der Waals surface area contributed by atoms with Gasteiger partial charge in [-0.1, -0.05) is 15.9 Å². The van der Waals surface area contributed by atoms with Crippen molar-refractivity contribution in [2.45, 2.75) is 12.3 Å². The fourth-order valence-corrected chi connectivity index (χ4v) is 3.83. The van der Waals surface area contributed by atoms with Crippen LogP contribution in [0.3, 0.4) is 0 Å². The number of carbonyl (C=O) groups is 1. The van der Waals surface area contributed by atoms with E-state index in [4.69, 9.17) is 4.74 Å². The number of rotatable bonds is 5. The highest BCUT2D eigenvalue weighted by molar-refractivity contribution is 9.10. The summed E-state index contributed by atoms with van der Waals surface area (Å²) in [6.07, 6.45) is 0. The van der Waals surface area contributed by atoms with Crippen LogP contribution in [0.25, 0.3) is 0 Å². The van der Waals surface area contributed by atoms with Gasteiger partial charge in [0.15, 0.2) is 5.37 Å². The molecule has 0 aliphatic carbocycles. The number of anilines is 1. The molecule has 0 aromatic heterocycles. The molecular weight excluding hydrogens is 381 g/mol. The van der Waals surface area contributed by atoms with Gasteiger partial charge in [0.1, 0.15) is 11.7 Å². The van der Waals surface area contributed by atoms with Gasteiger partial charge in [0.2, 0.25) is 0 Å². The summed E-state index contributed by atoms with van der Waals surface area (Å²) in [6, 6.07) is 3.93. The van der Waals surface area contributed by atoms with E-state index >= 15 is 0 Å². The zero-order valence-corrected chi connectivity index (χ0v) is 14.0. The number of hydrogen-bond donors (Lipinski definition) is 3. The molecule has 0 radical (unpaired) electrons. The molecule has 1 aliphatic rings. The summed E-state index contributed by atoms with van der Waals surface area (Å²) in [5, 5.41) is -1.26. The van der Waals surface area contributed by atoms with Crippen LogP contribution in [0.4, 0.5) is 10.1 Å². The number of nitrogens with one attached hydrogen (secondary N) is 3. The van der Waals surface area contributed by atoms with Gasteiger partial charge in [-0.2, -0.15) is 0 Å². The number of hydrogen-bond acceptors (Lipinski definition) is 6. The first-order valence-corrected chi connectivity index (χ1v) is 8.80. The van der Waals surface area contributed by atoms with Gasteiger partial charge in [-0.3, -0.25) is 14.9 Å². The Labute approximate surface area is 135 Å². The number of carbonyl (C=O) groups excluding carboxylic acids is 1. The largest absolute Gasteiger partial charge is 0.466 e. The molecule has 0 bridgehead atoms. The molecular formula is C12H15BrFN3O4S. The summed E-state index contributed by atoms with van der Waals surface area (Å²) in [7, 11) is -4.04. The zero-order valence-electron chi connectivity index (χ0n) is 11.6. The van der Waals surface area contributed by atoms with Gasteiger partial charge in [-0.25, -0.2) is 18.2 Å². The molecule has 0 amide bonds. The van der Waals surface area contributed by atoms with E-state index in [9.17, 15) is 17.6 Å². The average molecular weight is 396 g/mol. The second-order valence-corrected chi connectivity index (χ2v) is 7.29. The topological polar surface area (TPSA) is 96.5 Å². The maximum Gasteiger partial charge on any atom is 0.313 e. The summed E-state index contributed by atoms with van der Waals surface area (Å²) in [6.45, 7) is 1.89. The predicted molar refractivity (Wildman–Crippen MR) is 81.7 cm³/mol. The van der Waals surface area contributed by atoms with Gasteiger partial charge in [-0.05, 0) is 25.1 Å². The van der Waals surface area contributed by atoms with E-state index in [0.29, 0.717) is 4.47 Å². The fraction of sp³-hybridized carbons (Fsp3) is 0.417. The number of ether oxygens (including phenoxy) is 1. The highest BCUT2D eigenvalue weighted by Gasteiger charge is 2.43. The van der Waals surface area contributed by atoms with Crippen molar-refractivity contribution < 1.29 is 22.3 Å².